The molecule has 0 unspecified atom stereocenters. The smallest absolute Gasteiger partial charge is 0.120 e. The number of benzene rings is 2. The summed E-state index contributed by atoms with van der Waals surface area (Å²) in [5, 5.41) is 3.58. The highest BCUT2D eigenvalue weighted by molar-refractivity contribution is 5.29. The van der Waals surface area contributed by atoms with E-state index in [1.807, 2.05) is 6.07 Å². The molecule has 2 aromatic carbocycles. The molecule has 0 saturated carbocycles. The molecule has 0 aromatic heterocycles. The number of aryl methyl sites for hydroxylation is 1. The van der Waals surface area contributed by atoms with Crippen molar-refractivity contribution in [2.45, 2.75) is 52.8 Å². The van der Waals surface area contributed by atoms with Crippen molar-refractivity contribution in [3.63, 3.8) is 0 Å². The normalized spacial score (nSPS) is 11.5. The summed E-state index contributed by atoms with van der Waals surface area (Å²) >= 11 is 0. The maximum absolute atomic E-state index is 5.90. The standard InChI is InChI=1S/C20H27NO/c1-5-20(3,4)21-14-18-7-6-8-19(13-18)22-15-17-11-9-16(2)10-12-17/h6-13,21H,5,14-15H2,1-4H3. The van der Waals surface area contributed by atoms with Gasteiger partial charge in [0.15, 0.2) is 0 Å². The van der Waals surface area contributed by atoms with Crippen molar-refractivity contribution in [1.29, 1.82) is 0 Å². The van der Waals surface area contributed by atoms with Crippen molar-refractivity contribution in [2.75, 3.05) is 0 Å². The molecule has 2 nitrogen and oxygen atoms in total. The van der Waals surface area contributed by atoms with E-state index in [1.165, 1.54) is 16.7 Å². The van der Waals surface area contributed by atoms with Gasteiger partial charge < -0.3 is 10.1 Å². The second kappa shape index (κ2) is 7.46. The van der Waals surface area contributed by atoms with Gasteiger partial charge in [0.1, 0.15) is 12.4 Å². The zero-order chi connectivity index (χ0) is 16.0. The lowest BCUT2D eigenvalue weighted by Crippen LogP contribution is -2.37. The number of rotatable bonds is 7. The van der Waals surface area contributed by atoms with Crippen molar-refractivity contribution in [2.24, 2.45) is 0 Å². The summed E-state index contributed by atoms with van der Waals surface area (Å²) in [6.07, 6.45) is 1.11. The lowest BCUT2D eigenvalue weighted by Gasteiger charge is -2.24. The maximum Gasteiger partial charge on any atom is 0.120 e. The van der Waals surface area contributed by atoms with Crippen LogP contribution in [0.3, 0.4) is 0 Å². The van der Waals surface area contributed by atoms with Crippen LogP contribution >= 0.6 is 0 Å². The van der Waals surface area contributed by atoms with E-state index in [-0.39, 0.29) is 5.54 Å². The highest BCUT2D eigenvalue weighted by Gasteiger charge is 2.13. The predicted molar refractivity (Wildman–Crippen MR) is 93.2 cm³/mol. The van der Waals surface area contributed by atoms with E-state index in [4.69, 9.17) is 4.74 Å². The molecule has 0 spiro atoms. The fourth-order valence-corrected chi connectivity index (χ4v) is 2.06. The molecular weight excluding hydrogens is 270 g/mol. The molecule has 22 heavy (non-hydrogen) atoms. The number of ether oxygens (including phenoxy) is 1. The summed E-state index contributed by atoms with van der Waals surface area (Å²) in [4.78, 5) is 0. The molecule has 118 valence electrons. The topological polar surface area (TPSA) is 21.3 Å². The van der Waals surface area contributed by atoms with Crippen molar-refractivity contribution in [1.82, 2.24) is 5.32 Å². The van der Waals surface area contributed by atoms with Crippen molar-refractivity contribution in [3.05, 3.63) is 65.2 Å². The molecule has 2 rings (SSSR count). The molecule has 0 bridgehead atoms. The highest BCUT2D eigenvalue weighted by atomic mass is 16.5. The van der Waals surface area contributed by atoms with E-state index in [1.54, 1.807) is 0 Å². The second-order valence-corrected chi connectivity index (χ2v) is 6.51. The van der Waals surface area contributed by atoms with Crippen LogP contribution in [0.5, 0.6) is 5.75 Å². The minimum atomic E-state index is 0.165. The number of nitrogens with one attached hydrogen (secondary N) is 1. The molecule has 0 fully saturated rings. The van der Waals surface area contributed by atoms with E-state index >= 15 is 0 Å². The first-order chi connectivity index (χ1) is 10.5. The van der Waals surface area contributed by atoms with Crippen LogP contribution in [0.4, 0.5) is 0 Å². The quantitative estimate of drug-likeness (QED) is 0.788. The molecule has 0 amide bonds. The molecule has 0 aliphatic carbocycles. The van der Waals surface area contributed by atoms with Gasteiger partial charge in [-0.15, -0.1) is 0 Å². The van der Waals surface area contributed by atoms with Crippen molar-refractivity contribution >= 4 is 0 Å². The lowest BCUT2D eigenvalue weighted by atomic mass is 10.0. The van der Waals surface area contributed by atoms with E-state index in [9.17, 15) is 0 Å². The number of hydrogen-bond donors (Lipinski definition) is 1. The van der Waals surface area contributed by atoms with E-state index in [2.05, 4.69) is 75.5 Å². The van der Waals surface area contributed by atoms with E-state index in [0.717, 1.165) is 18.7 Å². The maximum atomic E-state index is 5.90. The van der Waals surface area contributed by atoms with Gasteiger partial charge in [-0.1, -0.05) is 48.9 Å². The average molecular weight is 297 g/mol. The summed E-state index contributed by atoms with van der Waals surface area (Å²) in [5.74, 6) is 0.925. The Bertz CT molecular complexity index is 587. The molecule has 0 radical (unpaired) electrons. The van der Waals surface area contributed by atoms with E-state index < -0.39 is 0 Å². The molecule has 0 aliphatic rings. The minimum Gasteiger partial charge on any atom is -0.489 e. The van der Waals surface area contributed by atoms with Gasteiger partial charge in [-0.05, 0) is 50.5 Å². The van der Waals surface area contributed by atoms with Gasteiger partial charge in [0.05, 0.1) is 0 Å². The zero-order valence-electron chi connectivity index (χ0n) is 14.1. The largest absolute Gasteiger partial charge is 0.489 e. The Hall–Kier alpha value is -1.80. The fraction of sp³-hybridized carbons (Fsp3) is 0.400. The predicted octanol–water partition coefficient (Wildman–Crippen LogP) is 4.85. The molecule has 1 N–H and O–H groups in total. The van der Waals surface area contributed by atoms with Crippen LogP contribution in [0.2, 0.25) is 0 Å². The third kappa shape index (κ3) is 5.19. The Morgan fingerprint density at radius 1 is 1.00 bits per heavy atom. The van der Waals surface area contributed by atoms with Crippen molar-refractivity contribution in [3.8, 4) is 5.75 Å². The SMILES string of the molecule is CCC(C)(C)NCc1cccc(OCc2ccc(C)cc2)c1. The lowest BCUT2D eigenvalue weighted by molar-refractivity contribution is 0.305. The third-order valence-corrected chi connectivity index (χ3v) is 4.08. The molecular formula is C20H27NO. The Morgan fingerprint density at radius 2 is 1.73 bits per heavy atom. The Morgan fingerprint density at radius 3 is 2.41 bits per heavy atom. The summed E-state index contributed by atoms with van der Waals surface area (Å²) in [7, 11) is 0. The van der Waals surface area contributed by atoms with Crippen LogP contribution in [0.25, 0.3) is 0 Å². The first-order valence-electron chi connectivity index (χ1n) is 8.01. The summed E-state index contributed by atoms with van der Waals surface area (Å²) < 4.78 is 5.90. The highest BCUT2D eigenvalue weighted by Crippen LogP contribution is 2.17. The van der Waals surface area contributed by atoms with Gasteiger partial charge in [-0.3, -0.25) is 0 Å². The van der Waals surface area contributed by atoms with E-state index in [0.29, 0.717) is 6.61 Å². The van der Waals surface area contributed by atoms with Gasteiger partial charge >= 0.3 is 0 Å². The second-order valence-electron chi connectivity index (χ2n) is 6.51. The first kappa shape index (κ1) is 16.6. The average Bonchev–Trinajstić information content (AvgIpc) is 2.53. The Labute approximate surface area is 134 Å². The summed E-state index contributed by atoms with van der Waals surface area (Å²) in [6, 6.07) is 16.8. The fourth-order valence-electron chi connectivity index (χ4n) is 2.06. The molecule has 2 aromatic rings. The Kier molecular flexibility index (Phi) is 5.62. The van der Waals surface area contributed by atoms with Gasteiger partial charge in [0.25, 0.3) is 0 Å². The van der Waals surface area contributed by atoms with Crippen LogP contribution in [-0.2, 0) is 13.2 Å². The minimum absolute atomic E-state index is 0.165. The summed E-state index contributed by atoms with van der Waals surface area (Å²) in [6.45, 7) is 10.2. The van der Waals surface area contributed by atoms with Gasteiger partial charge in [0.2, 0.25) is 0 Å². The Balaban J connectivity index is 1.92. The first-order valence-corrected chi connectivity index (χ1v) is 8.01. The van der Waals surface area contributed by atoms with Gasteiger partial charge in [-0.25, -0.2) is 0 Å². The zero-order valence-corrected chi connectivity index (χ0v) is 14.1. The molecule has 0 atom stereocenters. The molecule has 0 heterocycles. The van der Waals surface area contributed by atoms with Crippen LogP contribution in [0.15, 0.2) is 48.5 Å². The third-order valence-electron chi connectivity index (χ3n) is 4.08. The summed E-state index contributed by atoms with van der Waals surface area (Å²) in [5.41, 5.74) is 3.89. The monoisotopic (exact) mass is 297 g/mol. The molecule has 0 saturated heterocycles. The molecule has 0 aliphatic heterocycles. The van der Waals surface area contributed by atoms with Crippen molar-refractivity contribution < 1.29 is 4.74 Å². The van der Waals surface area contributed by atoms with Gasteiger partial charge in [-0.2, -0.15) is 0 Å². The molecule has 2 heteroatoms. The van der Waals surface area contributed by atoms with Crippen LogP contribution in [0.1, 0.15) is 43.9 Å². The van der Waals surface area contributed by atoms with Crippen LogP contribution in [-0.4, -0.2) is 5.54 Å². The van der Waals surface area contributed by atoms with Gasteiger partial charge in [0, 0.05) is 12.1 Å². The van der Waals surface area contributed by atoms with Crippen LogP contribution in [0, 0.1) is 6.92 Å². The number of hydrogen-bond acceptors (Lipinski definition) is 2. The van der Waals surface area contributed by atoms with Crippen LogP contribution < -0.4 is 10.1 Å².